The molecule has 2 rings (SSSR count). The monoisotopic (exact) mass is 420 g/mol. The van der Waals surface area contributed by atoms with Gasteiger partial charge in [-0.3, -0.25) is 9.79 Å². The molecule has 0 aliphatic heterocycles. The summed E-state index contributed by atoms with van der Waals surface area (Å²) in [5, 5.41) is 8.82. The largest absolute Gasteiger partial charge is 0.434 e. The maximum absolute atomic E-state index is 12.5. The van der Waals surface area contributed by atoms with Gasteiger partial charge in [0, 0.05) is 35.4 Å². The van der Waals surface area contributed by atoms with Crippen molar-refractivity contribution >= 4 is 29.2 Å². The van der Waals surface area contributed by atoms with Crippen molar-refractivity contribution in [2.24, 2.45) is 4.99 Å². The van der Waals surface area contributed by atoms with Crippen molar-refractivity contribution in [3.8, 4) is 18.1 Å². The van der Waals surface area contributed by atoms with Crippen LogP contribution in [0.1, 0.15) is 11.1 Å². The van der Waals surface area contributed by atoms with Crippen molar-refractivity contribution in [2.75, 3.05) is 18.9 Å². The summed E-state index contributed by atoms with van der Waals surface area (Å²) in [6, 6.07) is 11.2. The van der Waals surface area contributed by atoms with Crippen LogP contribution in [0.5, 0.6) is 5.75 Å². The number of ether oxygens (including phenoxy) is 1. The summed E-state index contributed by atoms with van der Waals surface area (Å²) < 4.78 is 29.5. The molecule has 0 fully saturated rings. The topological polar surface area (TPSA) is 74.8 Å². The van der Waals surface area contributed by atoms with E-state index in [0.717, 1.165) is 0 Å². The number of nitrogens with one attached hydrogen (secondary N) is 3. The smallest absolute Gasteiger partial charge is 0.387 e. The van der Waals surface area contributed by atoms with Gasteiger partial charge >= 0.3 is 6.61 Å². The van der Waals surface area contributed by atoms with Crippen LogP contribution in [0.25, 0.3) is 0 Å². The van der Waals surface area contributed by atoms with Gasteiger partial charge in [0.1, 0.15) is 5.75 Å². The van der Waals surface area contributed by atoms with Gasteiger partial charge in [-0.15, -0.1) is 6.42 Å². The van der Waals surface area contributed by atoms with Crippen LogP contribution in [-0.2, 0) is 11.3 Å². The number of terminal acetylenes is 1. The van der Waals surface area contributed by atoms with Crippen molar-refractivity contribution in [1.29, 1.82) is 0 Å². The van der Waals surface area contributed by atoms with Crippen molar-refractivity contribution in [2.45, 2.75) is 13.2 Å². The van der Waals surface area contributed by atoms with Crippen LogP contribution in [-0.4, -0.2) is 32.1 Å². The first-order chi connectivity index (χ1) is 13.9. The third kappa shape index (κ3) is 7.31. The van der Waals surface area contributed by atoms with E-state index in [1.54, 1.807) is 24.3 Å². The van der Waals surface area contributed by atoms with Gasteiger partial charge in [-0.1, -0.05) is 23.6 Å². The highest BCUT2D eigenvalue weighted by Crippen LogP contribution is 2.24. The zero-order valence-corrected chi connectivity index (χ0v) is 16.3. The standard InChI is InChI=1S/C20H19ClF2N4O2/c1-3-13-5-4-6-16(9-13)27-18(28)12-26-20(24-2)25-11-14-10-15(21)7-8-17(14)29-19(22)23/h1,4-10,19H,11-12H2,2H3,(H,27,28)(H2,24,25,26). The molecule has 29 heavy (non-hydrogen) atoms. The van der Waals surface area contributed by atoms with Crippen molar-refractivity contribution in [1.82, 2.24) is 10.6 Å². The Morgan fingerprint density at radius 2 is 2.07 bits per heavy atom. The summed E-state index contributed by atoms with van der Waals surface area (Å²) in [7, 11) is 1.51. The number of anilines is 1. The van der Waals surface area contributed by atoms with Gasteiger partial charge in [0.25, 0.3) is 0 Å². The Labute approximate surface area is 172 Å². The summed E-state index contributed by atoms with van der Waals surface area (Å²) in [5.41, 5.74) is 1.63. The molecule has 0 aromatic heterocycles. The second kappa shape index (κ2) is 10.9. The Bertz CT molecular complexity index is 929. The van der Waals surface area contributed by atoms with E-state index in [1.807, 2.05) is 0 Å². The van der Waals surface area contributed by atoms with Crippen LogP contribution in [0.3, 0.4) is 0 Å². The first-order valence-corrected chi connectivity index (χ1v) is 8.83. The quantitative estimate of drug-likeness (QED) is 0.365. The van der Waals surface area contributed by atoms with Crippen molar-refractivity contribution in [3.63, 3.8) is 0 Å². The van der Waals surface area contributed by atoms with Gasteiger partial charge in [-0.05, 0) is 36.4 Å². The lowest BCUT2D eigenvalue weighted by atomic mass is 10.2. The molecule has 0 aliphatic carbocycles. The Hall–Kier alpha value is -3.31. The fourth-order valence-corrected chi connectivity index (χ4v) is 2.55. The third-order valence-electron chi connectivity index (χ3n) is 3.64. The maximum atomic E-state index is 12.5. The van der Waals surface area contributed by atoms with E-state index in [1.165, 1.54) is 25.2 Å². The number of guanidine groups is 1. The summed E-state index contributed by atoms with van der Waals surface area (Å²) >= 11 is 5.92. The van der Waals surface area contributed by atoms with Crippen LogP contribution < -0.4 is 20.7 Å². The van der Waals surface area contributed by atoms with Crippen LogP contribution in [0.4, 0.5) is 14.5 Å². The Balaban J connectivity index is 1.90. The molecule has 1 amide bonds. The number of aliphatic imine (C=N–C) groups is 1. The molecule has 0 saturated carbocycles. The van der Waals surface area contributed by atoms with E-state index in [4.69, 9.17) is 18.0 Å². The number of hydrogen-bond donors (Lipinski definition) is 3. The summed E-state index contributed by atoms with van der Waals surface area (Å²) in [6.45, 7) is -2.92. The predicted molar refractivity (Wildman–Crippen MR) is 109 cm³/mol. The summed E-state index contributed by atoms with van der Waals surface area (Å²) in [6.07, 6.45) is 5.34. The van der Waals surface area contributed by atoms with E-state index < -0.39 is 6.61 Å². The molecule has 3 N–H and O–H groups in total. The lowest BCUT2D eigenvalue weighted by molar-refractivity contribution is -0.115. The number of carbonyl (C=O) groups is 1. The highest BCUT2D eigenvalue weighted by molar-refractivity contribution is 6.30. The third-order valence-corrected chi connectivity index (χ3v) is 3.87. The Morgan fingerprint density at radius 1 is 1.28 bits per heavy atom. The summed E-state index contributed by atoms with van der Waals surface area (Å²) in [5.74, 6) is 2.47. The van der Waals surface area contributed by atoms with Gasteiger partial charge in [0.15, 0.2) is 5.96 Å². The Morgan fingerprint density at radius 3 is 2.76 bits per heavy atom. The fourth-order valence-electron chi connectivity index (χ4n) is 2.35. The Kier molecular flexibility index (Phi) is 8.25. The second-order valence-corrected chi connectivity index (χ2v) is 6.12. The molecular weight excluding hydrogens is 402 g/mol. The van der Waals surface area contributed by atoms with Gasteiger partial charge in [0.2, 0.25) is 5.91 Å². The molecule has 0 atom stereocenters. The lowest BCUT2D eigenvalue weighted by Crippen LogP contribution is -2.41. The minimum atomic E-state index is -2.95. The first kappa shape index (κ1) is 22.0. The van der Waals surface area contributed by atoms with E-state index in [2.05, 4.69) is 31.6 Å². The average molecular weight is 421 g/mol. The van der Waals surface area contributed by atoms with Gasteiger partial charge in [0.05, 0.1) is 6.54 Å². The van der Waals surface area contributed by atoms with Gasteiger partial charge in [-0.25, -0.2) is 0 Å². The molecule has 0 saturated heterocycles. The fraction of sp³-hybridized carbons (Fsp3) is 0.200. The average Bonchev–Trinajstić information content (AvgIpc) is 2.69. The normalized spacial score (nSPS) is 11.0. The van der Waals surface area contributed by atoms with Crippen molar-refractivity contribution < 1.29 is 18.3 Å². The maximum Gasteiger partial charge on any atom is 0.387 e. The van der Waals surface area contributed by atoms with E-state index in [0.29, 0.717) is 27.8 Å². The molecule has 2 aromatic rings. The predicted octanol–water partition coefficient (Wildman–Crippen LogP) is 3.23. The minimum absolute atomic E-state index is 0.00140. The zero-order valence-electron chi connectivity index (χ0n) is 15.5. The number of rotatable bonds is 7. The molecule has 152 valence electrons. The highest BCUT2D eigenvalue weighted by atomic mass is 35.5. The van der Waals surface area contributed by atoms with Crippen molar-refractivity contribution in [3.05, 3.63) is 58.6 Å². The zero-order chi connectivity index (χ0) is 21.2. The number of nitrogens with zero attached hydrogens (tertiary/aromatic N) is 1. The second-order valence-electron chi connectivity index (χ2n) is 5.68. The molecule has 6 nitrogen and oxygen atoms in total. The number of alkyl halides is 2. The van der Waals surface area contributed by atoms with Gasteiger partial charge in [-0.2, -0.15) is 8.78 Å². The van der Waals surface area contributed by atoms with Crippen LogP contribution in [0, 0.1) is 12.3 Å². The number of hydrogen-bond acceptors (Lipinski definition) is 3. The minimum Gasteiger partial charge on any atom is -0.434 e. The molecule has 0 aliphatic rings. The molecule has 2 aromatic carbocycles. The molecule has 9 heteroatoms. The number of halogens is 3. The van der Waals surface area contributed by atoms with Crippen LogP contribution >= 0.6 is 11.6 Å². The van der Waals surface area contributed by atoms with E-state index in [-0.39, 0.29) is 24.7 Å². The molecule has 0 spiro atoms. The SMILES string of the molecule is C#Cc1cccc(NC(=O)CNC(=NC)NCc2cc(Cl)ccc2OC(F)F)c1. The molecule has 0 unspecified atom stereocenters. The molecule has 0 bridgehead atoms. The highest BCUT2D eigenvalue weighted by Gasteiger charge is 2.11. The van der Waals surface area contributed by atoms with Gasteiger partial charge < -0.3 is 20.7 Å². The number of benzene rings is 2. The van der Waals surface area contributed by atoms with Crippen LogP contribution in [0.2, 0.25) is 5.02 Å². The number of amides is 1. The van der Waals surface area contributed by atoms with E-state index in [9.17, 15) is 13.6 Å². The first-order valence-electron chi connectivity index (χ1n) is 8.45. The molecule has 0 radical (unpaired) electrons. The molecular formula is C20H19ClF2N4O2. The van der Waals surface area contributed by atoms with E-state index >= 15 is 0 Å². The molecule has 0 heterocycles. The summed E-state index contributed by atoms with van der Waals surface area (Å²) in [4.78, 5) is 16.1. The number of carbonyl (C=O) groups excluding carboxylic acids is 1. The lowest BCUT2D eigenvalue weighted by Gasteiger charge is -2.15. The van der Waals surface area contributed by atoms with Crippen LogP contribution in [0.15, 0.2) is 47.5 Å².